The van der Waals surface area contributed by atoms with Gasteiger partial charge in [0.15, 0.2) is 5.65 Å². The summed E-state index contributed by atoms with van der Waals surface area (Å²) in [7, 11) is -1.98. The van der Waals surface area contributed by atoms with Gasteiger partial charge in [-0.05, 0) is 54.9 Å². The van der Waals surface area contributed by atoms with Crippen LogP contribution in [0.5, 0.6) is 0 Å². The van der Waals surface area contributed by atoms with Crippen molar-refractivity contribution in [3.05, 3.63) is 71.8 Å². The smallest absolute Gasteiger partial charge is 0.269 e. The summed E-state index contributed by atoms with van der Waals surface area (Å²) < 4.78 is 29.3. The molecule has 10 heteroatoms. The quantitative estimate of drug-likeness (QED) is 0.409. The zero-order valence-corrected chi connectivity index (χ0v) is 18.2. The molecule has 2 aromatic carbocycles. The van der Waals surface area contributed by atoms with Crippen molar-refractivity contribution in [3.63, 3.8) is 0 Å². The second-order valence-electron chi connectivity index (χ2n) is 7.17. The first-order valence-electron chi connectivity index (χ1n) is 9.38. The fraction of sp³-hybridized carbons (Fsp3) is 0.0952. The van der Waals surface area contributed by atoms with E-state index in [9.17, 15) is 8.42 Å². The Kier molecular flexibility index (Phi) is 4.45. The average molecular weight is 453 g/mol. The van der Waals surface area contributed by atoms with Crippen molar-refractivity contribution < 1.29 is 8.42 Å². The Morgan fingerprint density at radius 3 is 2.58 bits per heavy atom. The molecule has 5 rings (SSSR count). The Hall–Kier alpha value is -3.43. The summed E-state index contributed by atoms with van der Waals surface area (Å²) in [6.45, 7) is 1.90. The van der Waals surface area contributed by atoms with Crippen molar-refractivity contribution in [3.8, 4) is 0 Å². The molecule has 0 spiro atoms. The van der Waals surface area contributed by atoms with Crippen LogP contribution in [0, 0.1) is 6.92 Å². The molecule has 0 fully saturated rings. The number of rotatable bonds is 4. The predicted molar refractivity (Wildman–Crippen MR) is 120 cm³/mol. The van der Waals surface area contributed by atoms with Gasteiger partial charge in [0, 0.05) is 24.3 Å². The van der Waals surface area contributed by atoms with Crippen LogP contribution < -0.4 is 5.32 Å². The summed E-state index contributed by atoms with van der Waals surface area (Å²) in [4.78, 5) is 8.63. The normalized spacial score (nSPS) is 12.0. The Balaban J connectivity index is 1.61. The van der Waals surface area contributed by atoms with Crippen molar-refractivity contribution in [2.24, 2.45) is 7.05 Å². The highest BCUT2D eigenvalue weighted by Crippen LogP contribution is 2.29. The van der Waals surface area contributed by atoms with Crippen LogP contribution >= 0.6 is 11.6 Å². The standard InChI is InChI=1S/C21H17ClN6O2S/c1-13-3-7-16(8-4-13)31(29,30)28-10-9-17-19(25-21(22)26-20(17)28)24-15-6-5-14-12-23-27(2)18(14)11-15/h3-12H,1-2H3,(H,24,25,26). The summed E-state index contributed by atoms with van der Waals surface area (Å²) in [5, 5.41) is 8.95. The van der Waals surface area contributed by atoms with Gasteiger partial charge >= 0.3 is 0 Å². The second-order valence-corrected chi connectivity index (χ2v) is 9.33. The van der Waals surface area contributed by atoms with Crippen LogP contribution in [0.1, 0.15) is 5.56 Å². The molecule has 0 bridgehead atoms. The number of aryl methyl sites for hydroxylation is 2. The largest absolute Gasteiger partial charge is 0.339 e. The van der Waals surface area contributed by atoms with Crippen molar-refractivity contribution >= 4 is 55.1 Å². The Labute approximate surface area is 183 Å². The van der Waals surface area contributed by atoms with Crippen molar-refractivity contribution in [1.82, 2.24) is 23.7 Å². The van der Waals surface area contributed by atoms with Gasteiger partial charge in [-0.15, -0.1) is 0 Å². The van der Waals surface area contributed by atoms with E-state index in [0.29, 0.717) is 11.2 Å². The van der Waals surface area contributed by atoms with Gasteiger partial charge in [0.05, 0.1) is 22.0 Å². The minimum absolute atomic E-state index is 0.0596. The number of halogens is 1. The maximum absolute atomic E-state index is 13.2. The van der Waals surface area contributed by atoms with Crippen LogP contribution in [-0.2, 0) is 17.1 Å². The van der Waals surface area contributed by atoms with Gasteiger partial charge < -0.3 is 5.32 Å². The van der Waals surface area contributed by atoms with E-state index in [4.69, 9.17) is 11.6 Å². The van der Waals surface area contributed by atoms with E-state index >= 15 is 0 Å². The van der Waals surface area contributed by atoms with Crippen molar-refractivity contribution in [2.75, 3.05) is 5.32 Å². The fourth-order valence-corrected chi connectivity index (χ4v) is 4.90. The lowest BCUT2D eigenvalue weighted by atomic mass is 10.2. The molecule has 0 saturated heterocycles. The summed E-state index contributed by atoms with van der Waals surface area (Å²) in [5.41, 5.74) is 2.88. The average Bonchev–Trinajstić information content (AvgIpc) is 3.33. The van der Waals surface area contributed by atoms with E-state index in [2.05, 4.69) is 20.4 Å². The topological polar surface area (TPSA) is 94.7 Å². The molecule has 0 aliphatic rings. The number of aromatic nitrogens is 5. The van der Waals surface area contributed by atoms with Gasteiger partial charge in [-0.3, -0.25) is 4.68 Å². The van der Waals surface area contributed by atoms with Crippen LogP contribution in [0.2, 0.25) is 5.28 Å². The van der Waals surface area contributed by atoms with Crippen LogP contribution in [-0.4, -0.2) is 32.1 Å². The highest BCUT2D eigenvalue weighted by atomic mass is 35.5. The summed E-state index contributed by atoms with van der Waals surface area (Å²) in [6.07, 6.45) is 3.25. The number of hydrogen-bond acceptors (Lipinski definition) is 6. The van der Waals surface area contributed by atoms with Gasteiger partial charge in [0.25, 0.3) is 10.0 Å². The number of nitrogens with zero attached hydrogens (tertiary/aromatic N) is 5. The molecule has 156 valence electrons. The number of hydrogen-bond donors (Lipinski definition) is 1. The summed E-state index contributed by atoms with van der Waals surface area (Å²) in [6, 6.07) is 14.1. The zero-order valence-electron chi connectivity index (χ0n) is 16.6. The minimum atomic E-state index is -3.84. The summed E-state index contributed by atoms with van der Waals surface area (Å²) >= 11 is 6.15. The molecule has 0 aliphatic heterocycles. The lowest BCUT2D eigenvalue weighted by Crippen LogP contribution is -2.12. The highest BCUT2D eigenvalue weighted by molar-refractivity contribution is 7.90. The first-order chi connectivity index (χ1) is 14.8. The first kappa shape index (κ1) is 19.5. The maximum Gasteiger partial charge on any atom is 0.269 e. The molecule has 0 atom stereocenters. The number of anilines is 2. The summed E-state index contributed by atoms with van der Waals surface area (Å²) in [5.74, 6) is 0.411. The van der Waals surface area contributed by atoms with E-state index in [-0.39, 0.29) is 15.8 Å². The Morgan fingerprint density at radius 2 is 1.81 bits per heavy atom. The molecule has 1 N–H and O–H groups in total. The molecule has 8 nitrogen and oxygen atoms in total. The predicted octanol–water partition coefficient (Wildman–Crippen LogP) is 4.26. The Morgan fingerprint density at radius 1 is 1.03 bits per heavy atom. The fourth-order valence-electron chi connectivity index (χ4n) is 3.44. The molecule has 0 aliphatic carbocycles. The third-order valence-corrected chi connectivity index (χ3v) is 6.92. The number of fused-ring (bicyclic) bond motifs is 2. The SMILES string of the molecule is Cc1ccc(S(=O)(=O)n2ccc3c(Nc4ccc5cnn(C)c5c4)nc(Cl)nc32)cc1. The molecule has 0 amide bonds. The minimum Gasteiger partial charge on any atom is -0.339 e. The van der Waals surface area contributed by atoms with E-state index in [1.807, 2.05) is 32.2 Å². The molecular formula is C21H17ClN6O2S. The lowest BCUT2D eigenvalue weighted by Gasteiger charge is -2.10. The zero-order chi connectivity index (χ0) is 21.8. The van der Waals surface area contributed by atoms with Gasteiger partial charge in [-0.1, -0.05) is 17.7 Å². The molecule has 0 saturated carbocycles. The van der Waals surface area contributed by atoms with E-state index in [1.165, 1.54) is 6.20 Å². The third kappa shape index (κ3) is 3.31. The van der Waals surface area contributed by atoms with Crippen LogP contribution in [0.3, 0.4) is 0 Å². The molecule has 3 aromatic heterocycles. The number of benzene rings is 2. The Bertz CT molecular complexity index is 1550. The van der Waals surface area contributed by atoms with Crippen molar-refractivity contribution in [2.45, 2.75) is 11.8 Å². The lowest BCUT2D eigenvalue weighted by molar-refractivity contribution is 0.588. The van der Waals surface area contributed by atoms with Gasteiger partial charge in [-0.2, -0.15) is 15.1 Å². The monoisotopic (exact) mass is 452 g/mol. The second kappa shape index (κ2) is 7.07. The van der Waals surface area contributed by atoms with E-state index in [0.717, 1.165) is 26.1 Å². The van der Waals surface area contributed by atoms with E-state index < -0.39 is 10.0 Å². The van der Waals surface area contributed by atoms with Crippen LogP contribution in [0.15, 0.2) is 65.8 Å². The molecule has 31 heavy (non-hydrogen) atoms. The maximum atomic E-state index is 13.2. The molecule has 3 heterocycles. The first-order valence-corrected chi connectivity index (χ1v) is 11.2. The van der Waals surface area contributed by atoms with Gasteiger partial charge in [0.1, 0.15) is 5.82 Å². The molecular weight excluding hydrogens is 436 g/mol. The van der Waals surface area contributed by atoms with Crippen molar-refractivity contribution in [1.29, 1.82) is 0 Å². The molecule has 0 unspecified atom stereocenters. The van der Waals surface area contributed by atoms with Gasteiger partial charge in [-0.25, -0.2) is 12.4 Å². The molecule has 0 radical (unpaired) electrons. The molecule has 5 aromatic rings. The number of nitrogens with one attached hydrogen (secondary N) is 1. The third-order valence-electron chi connectivity index (χ3n) is 5.07. The van der Waals surface area contributed by atoms with Crippen LogP contribution in [0.4, 0.5) is 11.5 Å². The van der Waals surface area contributed by atoms with Gasteiger partial charge in [0.2, 0.25) is 5.28 Å². The highest BCUT2D eigenvalue weighted by Gasteiger charge is 2.22. The van der Waals surface area contributed by atoms with Crippen LogP contribution in [0.25, 0.3) is 21.9 Å². The van der Waals surface area contributed by atoms with E-state index in [1.54, 1.807) is 41.2 Å².